The molecule has 0 aromatic rings. The summed E-state index contributed by atoms with van der Waals surface area (Å²) in [7, 11) is 1.67. The quantitative estimate of drug-likeness (QED) is 0.286. The van der Waals surface area contributed by atoms with Gasteiger partial charge in [-0.15, -0.1) is 0 Å². The lowest BCUT2D eigenvalue weighted by molar-refractivity contribution is 0.306. The van der Waals surface area contributed by atoms with Crippen LogP contribution < -0.4 is 0 Å². The number of allylic oxidation sites excluding steroid dienone is 10. The fraction of sp³-hybridized carbons (Fsp3) is 0.381. The largest absolute Gasteiger partial charge is 0.497 e. The Kier molecular flexibility index (Phi) is 11.3. The Labute approximate surface area is 142 Å². The van der Waals surface area contributed by atoms with Crippen LogP contribution in [0.1, 0.15) is 47.0 Å². The molecule has 0 aliphatic carbocycles. The number of hydrogen-bond acceptors (Lipinski definition) is 2. The molecule has 0 saturated heterocycles. The van der Waals surface area contributed by atoms with Crippen LogP contribution in [0.25, 0.3) is 0 Å². The van der Waals surface area contributed by atoms with E-state index in [2.05, 4.69) is 39.5 Å². The second-order valence-corrected chi connectivity index (χ2v) is 5.39. The van der Waals surface area contributed by atoms with E-state index in [0.717, 1.165) is 30.6 Å². The lowest BCUT2D eigenvalue weighted by Crippen LogP contribution is -1.95. The molecule has 0 radical (unpaired) electrons. The summed E-state index contributed by atoms with van der Waals surface area (Å²) >= 11 is 0. The van der Waals surface area contributed by atoms with Gasteiger partial charge in [-0.05, 0) is 55.6 Å². The van der Waals surface area contributed by atoms with Gasteiger partial charge in [0, 0.05) is 6.21 Å². The minimum absolute atomic E-state index is 0.767. The molecule has 1 N–H and O–H groups in total. The first-order chi connectivity index (χ1) is 11.0. The van der Waals surface area contributed by atoms with E-state index >= 15 is 0 Å². The minimum atomic E-state index is 0.767. The molecule has 0 aliphatic rings. The van der Waals surface area contributed by atoms with E-state index in [0.29, 0.717) is 0 Å². The van der Waals surface area contributed by atoms with Crippen molar-refractivity contribution >= 4 is 6.21 Å². The highest BCUT2D eigenvalue weighted by Gasteiger charge is 2.07. The average molecular weight is 313 g/mol. The van der Waals surface area contributed by atoms with Crippen molar-refractivity contribution in [1.29, 1.82) is 5.41 Å². The molecule has 23 heavy (non-hydrogen) atoms. The first kappa shape index (κ1) is 20.9. The Morgan fingerprint density at radius 2 is 1.83 bits per heavy atom. The maximum Gasteiger partial charge on any atom is 0.119 e. The molecule has 126 valence electrons. The zero-order chi connectivity index (χ0) is 17.7. The van der Waals surface area contributed by atoms with E-state index in [1.165, 1.54) is 22.9 Å². The molecule has 0 unspecified atom stereocenters. The van der Waals surface area contributed by atoms with Gasteiger partial charge >= 0.3 is 0 Å². The molecule has 0 aromatic carbocycles. The molecule has 0 bridgehead atoms. The number of hydrogen-bond donors (Lipinski definition) is 1. The van der Waals surface area contributed by atoms with E-state index in [1.807, 2.05) is 25.2 Å². The lowest BCUT2D eigenvalue weighted by Gasteiger charge is -2.13. The third-order valence-corrected chi connectivity index (χ3v) is 3.52. The molecule has 0 rings (SSSR count). The SMILES string of the molecule is C=C/C=C\C=C(/CCC)C(/C=C(\C=C(/C)C=N)OC)=C(C)CC. The fourth-order valence-corrected chi connectivity index (χ4v) is 2.08. The summed E-state index contributed by atoms with van der Waals surface area (Å²) in [6.07, 6.45) is 16.3. The molecule has 0 aliphatic heterocycles. The van der Waals surface area contributed by atoms with Crippen LogP contribution in [0.5, 0.6) is 0 Å². The molecule has 2 nitrogen and oxygen atoms in total. The highest BCUT2D eigenvalue weighted by atomic mass is 16.5. The number of methoxy groups -OCH3 is 1. The van der Waals surface area contributed by atoms with Crippen LogP contribution in [-0.4, -0.2) is 13.3 Å². The predicted molar refractivity (Wildman–Crippen MR) is 103 cm³/mol. The van der Waals surface area contributed by atoms with E-state index < -0.39 is 0 Å². The molecular formula is C21H31NO. The molecule has 0 saturated carbocycles. The summed E-state index contributed by atoms with van der Waals surface area (Å²) in [6, 6.07) is 0. The normalized spacial score (nSPS) is 14.7. The second-order valence-electron chi connectivity index (χ2n) is 5.39. The average Bonchev–Trinajstić information content (AvgIpc) is 2.57. The molecular weight excluding hydrogens is 282 g/mol. The summed E-state index contributed by atoms with van der Waals surface area (Å²) in [5.74, 6) is 0.767. The van der Waals surface area contributed by atoms with Crippen molar-refractivity contribution in [2.24, 2.45) is 0 Å². The van der Waals surface area contributed by atoms with Crippen LogP contribution in [0.2, 0.25) is 0 Å². The van der Waals surface area contributed by atoms with Crippen molar-refractivity contribution in [2.45, 2.75) is 47.0 Å². The van der Waals surface area contributed by atoms with Gasteiger partial charge in [0.2, 0.25) is 0 Å². The second kappa shape index (κ2) is 12.5. The third-order valence-electron chi connectivity index (χ3n) is 3.52. The van der Waals surface area contributed by atoms with Gasteiger partial charge in [0.25, 0.3) is 0 Å². The highest BCUT2D eigenvalue weighted by molar-refractivity contribution is 5.75. The van der Waals surface area contributed by atoms with E-state index in [9.17, 15) is 0 Å². The standard InChI is InChI=1S/C21H31NO/c1-7-10-11-13-19(12-8-2)21(18(5)9-3)15-20(23-6)14-17(4)16-22/h7,10-11,13-16,22H,1,8-9,12H2,2-6H3/b11-10-,17-14+,19-13+,20-15+,21-18?,22-16?. The van der Waals surface area contributed by atoms with E-state index in [-0.39, 0.29) is 0 Å². The Bertz CT molecular complexity index is 542. The third kappa shape index (κ3) is 8.20. The summed E-state index contributed by atoms with van der Waals surface area (Å²) in [6.45, 7) is 12.1. The fourth-order valence-electron chi connectivity index (χ4n) is 2.08. The van der Waals surface area contributed by atoms with Gasteiger partial charge in [0.05, 0.1) is 7.11 Å². The molecule has 0 amide bonds. The first-order valence-electron chi connectivity index (χ1n) is 8.16. The van der Waals surface area contributed by atoms with Gasteiger partial charge in [-0.25, -0.2) is 0 Å². The van der Waals surface area contributed by atoms with Crippen molar-refractivity contribution in [3.63, 3.8) is 0 Å². The Balaban J connectivity index is 6.02. The number of rotatable bonds is 10. The number of nitrogens with one attached hydrogen (secondary N) is 1. The zero-order valence-corrected chi connectivity index (χ0v) is 15.3. The smallest absolute Gasteiger partial charge is 0.119 e. The summed E-state index contributed by atoms with van der Waals surface area (Å²) in [5, 5.41) is 7.32. The van der Waals surface area contributed by atoms with Gasteiger partial charge in [-0.3, -0.25) is 0 Å². The molecule has 0 atom stereocenters. The van der Waals surface area contributed by atoms with Crippen LogP contribution >= 0.6 is 0 Å². The summed E-state index contributed by atoms with van der Waals surface area (Å²) in [4.78, 5) is 0. The van der Waals surface area contributed by atoms with Gasteiger partial charge in [0.15, 0.2) is 0 Å². The van der Waals surface area contributed by atoms with Crippen molar-refractivity contribution in [1.82, 2.24) is 0 Å². The van der Waals surface area contributed by atoms with E-state index in [1.54, 1.807) is 13.2 Å². The van der Waals surface area contributed by atoms with Gasteiger partial charge in [-0.1, -0.05) is 56.7 Å². The first-order valence-corrected chi connectivity index (χ1v) is 8.16. The van der Waals surface area contributed by atoms with Gasteiger partial charge < -0.3 is 10.1 Å². The maximum absolute atomic E-state index is 7.32. The molecule has 2 heteroatoms. The van der Waals surface area contributed by atoms with Crippen molar-refractivity contribution in [2.75, 3.05) is 7.11 Å². The summed E-state index contributed by atoms with van der Waals surface area (Å²) < 4.78 is 5.49. The zero-order valence-electron chi connectivity index (χ0n) is 15.3. The van der Waals surface area contributed by atoms with E-state index in [4.69, 9.17) is 10.1 Å². The predicted octanol–water partition coefficient (Wildman–Crippen LogP) is 6.31. The minimum Gasteiger partial charge on any atom is -0.497 e. The monoisotopic (exact) mass is 313 g/mol. The Hall–Kier alpha value is -2.09. The molecule has 0 heterocycles. The van der Waals surface area contributed by atoms with Crippen LogP contribution in [0.15, 0.2) is 71.1 Å². The summed E-state index contributed by atoms with van der Waals surface area (Å²) in [5.41, 5.74) is 4.70. The van der Waals surface area contributed by atoms with Crippen LogP contribution in [0.4, 0.5) is 0 Å². The molecule has 0 spiro atoms. The molecule has 0 aromatic heterocycles. The van der Waals surface area contributed by atoms with Crippen molar-refractivity contribution in [3.05, 3.63) is 71.1 Å². The lowest BCUT2D eigenvalue weighted by atomic mass is 9.94. The maximum atomic E-state index is 7.32. The Morgan fingerprint density at radius 1 is 1.13 bits per heavy atom. The van der Waals surface area contributed by atoms with Crippen LogP contribution in [0, 0.1) is 5.41 Å². The van der Waals surface area contributed by atoms with Crippen molar-refractivity contribution < 1.29 is 4.74 Å². The van der Waals surface area contributed by atoms with Gasteiger partial charge in [-0.2, -0.15) is 0 Å². The Morgan fingerprint density at radius 3 is 2.30 bits per heavy atom. The van der Waals surface area contributed by atoms with Gasteiger partial charge in [0.1, 0.15) is 5.76 Å². The van der Waals surface area contributed by atoms with Crippen molar-refractivity contribution in [3.8, 4) is 0 Å². The number of ether oxygens (including phenoxy) is 1. The topological polar surface area (TPSA) is 33.1 Å². The van der Waals surface area contributed by atoms with Crippen LogP contribution in [-0.2, 0) is 4.74 Å². The highest BCUT2D eigenvalue weighted by Crippen LogP contribution is 2.25. The van der Waals surface area contributed by atoms with Crippen LogP contribution in [0.3, 0.4) is 0 Å². The molecule has 0 fully saturated rings.